The predicted octanol–water partition coefficient (Wildman–Crippen LogP) is 3.63. The van der Waals surface area contributed by atoms with E-state index in [1.54, 1.807) is 55.6 Å². The van der Waals surface area contributed by atoms with Gasteiger partial charge in [0.05, 0.1) is 6.61 Å². The second-order valence-corrected chi connectivity index (χ2v) is 6.07. The smallest absolute Gasteiger partial charge is 0.256 e. The molecule has 7 heteroatoms. The number of halogens is 1. The fourth-order valence-electron chi connectivity index (χ4n) is 1.91. The summed E-state index contributed by atoms with van der Waals surface area (Å²) in [4.78, 5) is 28.4. The molecule has 0 saturated heterocycles. The first kappa shape index (κ1) is 18.8. The summed E-state index contributed by atoms with van der Waals surface area (Å²) in [6.45, 7) is 5.47. The fourth-order valence-corrected chi connectivity index (χ4v) is 2.14. The lowest BCUT2D eigenvalue weighted by Crippen LogP contribution is -2.27. The minimum Gasteiger partial charge on any atom is -0.365 e. The minimum absolute atomic E-state index is 0.289. The van der Waals surface area contributed by atoms with Crippen LogP contribution in [0.4, 0.5) is 11.5 Å². The molecule has 0 aliphatic carbocycles. The number of ether oxygens (including phenoxy) is 1. The van der Waals surface area contributed by atoms with E-state index in [-0.39, 0.29) is 18.4 Å². The number of hydrogen-bond donors (Lipinski definition) is 2. The quantitative estimate of drug-likeness (QED) is 0.691. The predicted molar refractivity (Wildman–Crippen MR) is 101 cm³/mol. The number of aromatic nitrogens is 1. The van der Waals surface area contributed by atoms with Gasteiger partial charge in [0.2, 0.25) is 0 Å². The van der Waals surface area contributed by atoms with Crippen LogP contribution in [0.3, 0.4) is 0 Å². The summed E-state index contributed by atoms with van der Waals surface area (Å²) in [6.07, 6.45) is 2.55. The van der Waals surface area contributed by atoms with Crippen molar-refractivity contribution in [1.29, 1.82) is 0 Å². The summed E-state index contributed by atoms with van der Waals surface area (Å²) in [7, 11) is 0. The number of rotatable bonds is 7. The van der Waals surface area contributed by atoms with Gasteiger partial charge in [-0.05, 0) is 53.2 Å². The second kappa shape index (κ2) is 9.10. The van der Waals surface area contributed by atoms with Crippen LogP contribution in [0.15, 0.2) is 59.7 Å². The Morgan fingerprint density at radius 2 is 2.12 bits per heavy atom. The Kier molecular flexibility index (Phi) is 6.85. The summed E-state index contributed by atoms with van der Waals surface area (Å²) in [5.41, 5.74) is 0.914. The lowest BCUT2D eigenvalue weighted by Gasteiger charge is -2.13. The van der Waals surface area contributed by atoms with Crippen LogP contribution < -0.4 is 10.6 Å². The van der Waals surface area contributed by atoms with Gasteiger partial charge in [0.25, 0.3) is 11.8 Å². The number of anilines is 2. The Bertz CT molecular complexity index is 762. The molecule has 1 unspecified atom stereocenters. The molecule has 2 amide bonds. The van der Waals surface area contributed by atoms with Crippen molar-refractivity contribution in [3.63, 3.8) is 0 Å². The highest BCUT2D eigenvalue weighted by Crippen LogP contribution is 2.15. The minimum atomic E-state index is -0.623. The van der Waals surface area contributed by atoms with Crippen molar-refractivity contribution in [2.45, 2.75) is 13.0 Å². The molecule has 1 aromatic heterocycles. The van der Waals surface area contributed by atoms with E-state index in [0.29, 0.717) is 17.1 Å². The van der Waals surface area contributed by atoms with Gasteiger partial charge >= 0.3 is 0 Å². The number of nitrogens with zero attached hydrogens (tertiary/aromatic N) is 1. The highest BCUT2D eigenvalue weighted by molar-refractivity contribution is 9.10. The van der Waals surface area contributed by atoms with Gasteiger partial charge in [-0.2, -0.15) is 0 Å². The normalized spacial score (nSPS) is 11.4. The van der Waals surface area contributed by atoms with Gasteiger partial charge in [-0.15, -0.1) is 6.58 Å². The molecule has 25 heavy (non-hydrogen) atoms. The molecule has 6 nitrogen and oxygen atoms in total. The zero-order valence-corrected chi connectivity index (χ0v) is 15.2. The molecule has 0 radical (unpaired) electrons. The monoisotopic (exact) mass is 403 g/mol. The van der Waals surface area contributed by atoms with Crippen LogP contribution in [0.2, 0.25) is 0 Å². The number of nitrogens with one attached hydrogen (secondary N) is 2. The SMILES string of the molecule is C=CCOC(C)C(=O)Nc1cccc(C(=O)Nc2ccc(Br)cn2)c1. The summed E-state index contributed by atoms with van der Waals surface area (Å²) in [5, 5.41) is 5.41. The molecule has 1 aromatic carbocycles. The second-order valence-electron chi connectivity index (χ2n) is 5.15. The van der Waals surface area contributed by atoms with E-state index in [1.807, 2.05) is 0 Å². The Morgan fingerprint density at radius 3 is 2.80 bits per heavy atom. The van der Waals surface area contributed by atoms with Crippen LogP contribution in [0, 0.1) is 0 Å². The largest absolute Gasteiger partial charge is 0.365 e. The maximum absolute atomic E-state index is 12.3. The maximum Gasteiger partial charge on any atom is 0.256 e. The van der Waals surface area contributed by atoms with Crippen molar-refractivity contribution in [2.75, 3.05) is 17.2 Å². The third-order valence-electron chi connectivity index (χ3n) is 3.19. The Labute approximate surface area is 154 Å². The van der Waals surface area contributed by atoms with E-state index in [0.717, 1.165) is 4.47 Å². The molecule has 0 aliphatic rings. The first-order valence-corrected chi connectivity index (χ1v) is 8.35. The number of carbonyl (C=O) groups excluding carboxylic acids is 2. The van der Waals surface area contributed by atoms with Gasteiger partial charge in [0.1, 0.15) is 11.9 Å². The van der Waals surface area contributed by atoms with Gasteiger partial charge in [0.15, 0.2) is 0 Å². The van der Waals surface area contributed by atoms with Crippen molar-refractivity contribution >= 4 is 39.2 Å². The number of benzene rings is 1. The summed E-state index contributed by atoms with van der Waals surface area (Å²) in [6, 6.07) is 10.1. The average Bonchev–Trinajstić information content (AvgIpc) is 2.61. The van der Waals surface area contributed by atoms with Gasteiger partial charge in [-0.3, -0.25) is 9.59 Å². The zero-order valence-electron chi connectivity index (χ0n) is 13.7. The number of pyridine rings is 1. The molecule has 2 N–H and O–H groups in total. The van der Waals surface area contributed by atoms with E-state index in [1.165, 1.54) is 0 Å². The molecule has 0 spiro atoms. The molecule has 1 heterocycles. The standard InChI is InChI=1S/C18H18BrN3O3/c1-3-9-25-12(2)17(23)21-15-6-4-5-13(10-15)18(24)22-16-8-7-14(19)11-20-16/h3-8,10-12H,1,9H2,2H3,(H,21,23)(H,20,22,24). The molecule has 0 saturated carbocycles. The van der Waals surface area contributed by atoms with Crippen LogP contribution in [-0.4, -0.2) is 29.5 Å². The molecule has 0 fully saturated rings. The van der Waals surface area contributed by atoms with Crippen molar-refractivity contribution in [3.05, 3.63) is 65.3 Å². The Morgan fingerprint density at radius 1 is 1.32 bits per heavy atom. The first-order chi connectivity index (χ1) is 12.0. The van der Waals surface area contributed by atoms with E-state index in [4.69, 9.17) is 4.74 Å². The van der Waals surface area contributed by atoms with Crippen LogP contribution in [0.5, 0.6) is 0 Å². The van der Waals surface area contributed by atoms with Gasteiger partial charge < -0.3 is 15.4 Å². The van der Waals surface area contributed by atoms with Crippen molar-refractivity contribution in [1.82, 2.24) is 4.98 Å². The molecule has 0 bridgehead atoms. The first-order valence-electron chi connectivity index (χ1n) is 7.56. The average molecular weight is 404 g/mol. The van der Waals surface area contributed by atoms with E-state index < -0.39 is 6.10 Å². The van der Waals surface area contributed by atoms with E-state index >= 15 is 0 Å². The Balaban J connectivity index is 2.02. The highest BCUT2D eigenvalue weighted by atomic mass is 79.9. The van der Waals surface area contributed by atoms with Crippen molar-refractivity contribution < 1.29 is 14.3 Å². The third kappa shape index (κ3) is 5.81. The van der Waals surface area contributed by atoms with Gasteiger partial charge in [-0.1, -0.05) is 12.1 Å². The Hall–Kier alpha value is -2.51. The van der Waals surface area contributed by atoms with E-state index in [9.17, 15) is 9.59 Å². The molecule has 130 valence electrons. The summed E-state index contributed by atoms with van der Waals surface area (Å²) in [5.74, 6) is -0.176. The third-order valence-corrected chi connectivity index (χ3v) is 3.66. The molecule has 0 aliphatic heterocycles. The zero-order chi connectivity index (χ0) is 18.2. The van der Waals surface area contributed by atoms with Gasteiger partial charge in [0, 0.05) is 21.9 Å². The van der Waals surface area contributed by atoms with Gasteiger partial charge in [-0.25, -0.2) is 4.98 Å². The molecule has 1 atom stereocenters. The van der Waals surface area contributed by atoms with Crippen LogP contribution in [-0.2, 0) is 9.53 Å². The van der Waals surface area contributed by atoms with Crippen LogP contribution in [0.1, 0.15) is 17.3 Å². The molecular weight excluding hydrogens is 386 g/mol. The van der Waals surface area contributed by atoms with Crippen molar-refractivity contribution in [3.8, 4) is 0 Å². The highest BCUT2D eigenvalue weighted by Gasteiger charge is 2.14. The van der Waals surface area contributed by atoms with Crippen LogP contribution in [0.25, 0.3) is 0 Å². The van der Waals surface area contributed by atoms with Crippen molar-refractivity contribution in [2.24, 2.45) is 0 Å². The topological polar surface area (TPSA) is 80.3 Å². The molecule has 2 aromatic rings. The number of carbonyl (C=O) groups is 2. The maximum atomic E-state index is 12.3. The number of hydrogen-bond acceptors (Lipinski definition) is 4. The molecule has 2 rings (SSSR count). The summed E-state index contributed by atoms with van der Waals surface area (Å²) >= 11 is 3.29. The van der Waals surface area contributed by atoms with E-state index in [2.05, 4.69) is 38.1 Å². The lowest BCUT2D eigenvalue weighted by molar-refractivity contribution is -0.125. The summed E-state index contributed by atoms with van der Waals surface area (Å²) < 4.78 is 6.09. The van der Waals surface area contributed by atoms with Crippen LogP contribution >= 0.6 is 15.9 Å². The number of amides is 2. The molecular formula is C18H18BrN3O3. The lowest BCUT2D eigenvalue weighted by atomic mass is 10.2. The fraction of sp³-hybridized carbons (Fsp3) is 0.167.